The first-order chi connectivity index (χ1) is 10.1. The second-order valence-corrected chi connectivity index (χ2v) is 6.38. The zero-order valence-electron chi connectivity index (χ0n) is 13.4. The fourth-order valence-corrected chi connectivity index (χ4v) is 3.54. The number of aryl methyl sites for hydroxylation is 3. The van der Waals surface area contributed by atoms with Crippen molar-refractivity contribution in [1.82, 2.24) is 0 Å². The van der Waals surface area contributed by atoms with E-state index in [4.69, 9.17) is 0 Å². The molecule has 0 aliphatic heterocycles. The molecule has 0 aromatic heterocycles. The summed E-state index contributed by atoms with van der Waals surface area (Å²) >= 11 is 0. The van der Waals surface area contributed by atoms with Gasteiger partial charge in [-0.2, -0.15) is 0 Å². The SMILES string of the molecule is Cc1ccc(C(C)Nc2cccc3c2CCCC3)c(C)c1. The second-order valence-electron chi connectivity index (χ2n) is 6.38. The van der Waals surface area contributed by atoms with Crippen LogP contribution in [0, 0.1) is 13.8 Å². The first-order valence-corrected chi connectivity index (χ1v) is 8.09. The van der Waals surface area contributed by atoms with Crippen molar-refractivity contribution < 1.29 is 0 Å². The monoisotopic (exact) mass is 279 g/mol. The molecule has 0 fully saturated rings. The summed E-state index contributed by atoms with van der Waals surface area (Å²) in [6, 6.07) is 13.8. The molecule has 0 bridgehead atoms. The van der Waals surface area contributed by atoms with Gasteiger partial charge in [0.2, 0.25) is 0 Å². The third kappa shape index (κ3) is 2.97. The Morgan fingerprint density at radius 3 is 2.62 bits per heavy atom. The van der Waals surface area contributed by atoms with E-state index in [1.165, 1.54) is 48.1 Å². The highest BCUT2D eigenvalue weighted by molar-refractivity contribution is 5.57. The van der Waals surface area contributed by atoms with E-state index in [1.54, 1.807) is 11.1 Å². The van der Waals surface area contributed by atoms with E-state index in [0.717, 1.165) is 0 Å². The van der Waals surface area contributed by atoms with Gasteiger partial charge in [-0.15, -0.1) is 0 Å². The number of fused-ring (bicyclic) bond motifs is 1. The van der Waals surface area contributed by atoms with E-state index in [9.17, 15) is 0 Å². The molecule has 2 aromatic rings. The number of benzene rings is 2. The van der Waals surface area contributed by atoms with E-state index in [-0.39, 0.29) is 0 Å². The molecular weight excluding hydrogens is 254 g/mol. The van der Waals surface area contributed by atoms with Gasteiger partial charge in [-0.3, -0.25) is 0 Å². The molecule has 0 spiro atoms. The molecule has 0 heterocycles. The summed E-state index contributed by atoms with van der Waals surface area (Å²) < 4.78 is 0. The minimum Gasteiger partial charge on any atom is -0.378 e. The van der Waals surface area contributed by atoms with Crippen LogP contribution >= 0.6 is 0 Å². The van der Waals surface area contributed by atoms with Gasteiger partial charge in [-0.25, -0.2) is 0 Å². The van der Waals surface area contributed by atoms with E-state index in [0.29, 0.717) is 6.04 Å². The van der Waals surface area contributed by atoms with Crippen molar-refractivity contribution in [3.05, 3.63) is 64.2 Å². The first kappa shape index (κ1) is 14.2. The summed E-state index contributed by atoms with van der Waals surface area (Å²) in [5.41, 5.74) is 8.52. The van der Waals surface area contributed by atoms with Gasteiger partial charge in [0.15, 0.2) is 0 Å². The summed E-state index contributed by atoms with van der Waals surface area (Å²) in [6.07, 6.45) is 5.12. The van der Waals surface area contributed by atoms with Gasteiger partial charge in [0.25, 0.3) is 0 Å². The van der Waals surface area contributed by atoms with Crippen LogP contribution in [0.15, 0.2) is 36.4 Å². The Bertz CT molecular complexity index is 642. The number of hydrogen-bond acceptors (Lipinski definition) is 1. The zero-order valence-corrected chi connectivity index (χ0v) is 13.4. The Hall–Kier alpha value is -1.76. The van der Waals surface area contributed by atoms with Crippen molar-refractivity contribution in [2.75, 3.05) is 5.32 Å². The predicted octanol–water partition coefficient (Wildman–Crippen LogP) is 5.36. The summed E-state index contributed by atoms with van der Waals surface area (Å²) in [5.74, 6) is 0. The molecule has 110 valence electrons. The standard InChI is InChI=1S/C20H25N/c1-14-11-12-18(15(2)13-14)16(3)21-20-10-6-8-17-7-4-5-9-19(17)20/h6,8,10-13,16,21H,4-5,7,9H2,1-3H3. The Morgan fingerprint density at radius 1 is 1.00 bits per heavy atom. The molecule has 1 atom stereocenters. The summed E-state index contributed by atoms with van der Waals surface area (Å²) in [7, 11) is 0. The van der Waals surface area contributed by atoms with Crippen molar-refractivity contribution in [3.63, 3.8) is 0 Å². The zero-order chi connectivity index (χ0) is 14.8. The lowest BCUT2D eigenvalue weighted by Gasteiger charge is -2.24. The number of anilines is 1. The van der Waals surface area contributed by atoms with E-state index < -0.39 is 0 Å². The van der Waals surface area contributed by atoms with Gasteiger partial charge in [-0.05, 0) is 74.8 Å². The predicted molar refractivity (Wildman–Crippen MR) is 91.0 cm³/mol. The maximum Gasteiger partial charge on any atom is 0.0488 e. The molecule has 2 aromatic carbocycles. The van der Waals surface area contributed by atoms with Crippen LogP contribution in [0.1, 0.15) is 53.6 Å². The van der Waals surface area contributed by atoms with Crippen LogP contribution < -0.4 is 5.32 Å². The Morgan fingerprint density at radius 2 is 1.81 bits per heavy atom. The van der Waals surface area contributed by atoms with E-state index >= 15 is 0 Å². The Balaban J connectivity index is 1.86. The normalized spacial score (nSPS) is 15.4. The van der Waals surface area contributed by atoms with Gasteiger partial charge < -0.3 is 5.32 Å². The lowest BCUT2D eigenvalue weighted by molar-refractivity contribution is 0.685. The van der Waals surface area contributed by atoms with Crippen LogP contribution in [0.4, 0.5) is 5.69 Å². The Labute approximate surface area is 128 Å². The lowest BCUT2D eigenvalue weighted by atomic mass is 9.90. The lowest BCUT2D eigenvalue weighted by Crippen LogP contribution is -2.12. The smallest absolute Gasteiger partial charge is 0.0488 e. The highest BCUT2D eigenvalue weighted by atomic mass is 14.9. The molecule has 1 aliphatic carbocycles. The first-order valence-electron chi connectivity index (χ1n) is 8.09. The third-order valence-corrected chi connectivity index (χ3v) is 4.66. The van der Waals surface area contributed by atoms with Crippen LogP contribution in [-0.2, 0) is 12.8 Å². The molecule has 1 heteroatoms. The maximum absolute atomic E-state index is 3.75. The van der Waals surface area contributed by atoms with Crippen molar-refractivity contribution in [2.24, 2.45) is 0 Å². The van der Waals surface area contributed by atoms with Crippen molar-refractivity contribution in [2.45, 2.75) is 52.5 Å². The molecule has 0 amide bonds. The maximum atomic E-state index is 3.75. The minimum absolute atomic E-state index is 0.346. The summed E-state index contributed by atoms with van der Waals surface area (Å²) in [5, 5.41) is 3.75. The number of nitrogens with one attached hydrogen (secondary N) is 1. The summed E-state index contributed by atoms with van der Waals surface area (Å²) in [6.45, 7) is 6.63. The average Bonchev–Trinajstić information content (AvgIpc) is 2.47. The van der Waals surface area contributed by atoms with Gasteiger partial charge in [0, 0.05) is 11.7 Å². The topological polar surface area (TPSA) is 12.0 Å². The minimum atomic E-state index is 0.346. The number of rotatable bonds is 3. The van der Waals surface area contributed by atoms with E-state index in [1.807, 2.05) is 0 Å². The van der Waals surface area contributed by atoms with Crippen LogP contribution in [0.2, 0.25) is 0 Å². The van der Waals surface area contributed by atoms with Crippen LogP contribution in [0.3, 0.4) is 0 Å². The van der Waals surface area contributed by atoms with Crippen molar-refractivity contribution in [1.29, 1.82) is 0 Å². The largest absolute Gasteiger partial charge is 0.378 e. The molecule has 1 aliphatic rings. The van der Waals surface area contributed by atoms with Crippen LogP contribution in [0.25, 0.3) is 0 Å². The number of hydrogen-bond donors (Lipinski definition) is 1. The van der Waals surface area contributed by atoms with Crippen LogP contribution in [0.5, 0.6) is 0 Å². The quantitative estimate of drug-likeness (QED) is 0.798. The molecule has 1 N–H and O–H groups in total. The molecule has 0 radical (unpaired) electrons. The van der Waals surface area contributed by atoms with Crippen molar-refractivity contribution in [3.8, 4) is 0 Å². The molecule has 1 unspecified atom stereocenters. The molecule has 21 heavy (non-hydrogen) atoms. The van der Waals surface area contributed by atoms with E-state index in [2.05, 4.69) is 62.5 Å². The highest BCUT2D eigenvalue weighted by Crippen LogP contribution is 2.31. The van der Waals surface area contributed by atoms with Crippen molar-refractivity contribution >= 4 is 5.69 Å². The third-order valence-electron chi connectivity index (χ3n) is 4.66. The highest BCUT2D eigenvalue weighted by Gasteiger charge is 2.15. The van der Waals surface area contributed by atoms with Gasteiger partial charge >= 0.3 is 0 Å². The fourth-order valence-electron chi connectivity index (χ4n) is 3.54. The van der Waals surface area contributed by atoms with Crippen LogP contribution in [-0.4, -0.2) is 0 Å². The summed E-state index contributed by atoms with van der Waals surface area (Å²) in [4.78, 5) is 0. The van der Waals surface area contributed by atoms with Gasteiger partial charge in [-0.1, -0.05) is 35.9 Å². The molecular formula is C20H25N. The molecule has 3 rings (SSSR count). The average molecular weight is 279 g/mol. The van der Waals surface area contributed by atoms with Gasteiger partial charge in [0.1, 0.15) is 0 Å². The molecule has 0 saturated carbocycles. The second kappa shape index (κ2) is 5.93. The molecule has 0 saturated heterocycles. The molecule has 1 nitrogen and oxygen atoms in total. The Kier molecular flexibility index (Phi) is 4.01. The fraction of sp³-hybridized carbons (Fsp3) is 0.400. The van der Waals surface area contributed by atoms with Gasteiger partial charge in [0.05, 0.1) is 0 Å².